The quantitative estimate of drug-likeness (QED) is 0.223. The fourth-order valence-electron chi connectivity index (χ4n) is 2.70. The molecule has 148 valence electrons. The summed E-state index contributed by atoms with van der Waals surface area (Å²) in [5, 5.41) is 3.77. The molecule has 0 atom stereocenters. The maximum atomic E-state index is 12.7. The van der Waals surface area contributed by atoms with Gasteiger partial charge in [-0.3, -0.25) is 4.79 Å². The lowest BCUT2D eigenvalue weighted by atomic mass is 10.2. The average Bonchev–Trinajstić information content (AvgIpc) is 3.27. The Balaban J connectivity index is 1.70. The zero-order chi connectivity index (χ0) is 20.1. The zero-order valence-corrected chi connectivity index (χ0v) is 17.1. The third-order valence-corrected chi connectivity index (χ3v) is 5.43. The Bertz CT molecular complexity index is 998. The topological polar surface area (TPSA) is 84.4 Å². The number of hydrogen-bond acceptors (Lipinski definition) is 6. The summed E-state index contributed by atoms with van der Waals surface area (Å²) < 4.78 is 7.46. The largest absolute Gasteiger partial charge is 0.465 e. The molecule has 0 aliphatic carbocycles. The minimum absolute atomic E-state index is 0.223. The van der Waals surface area contributed by atoms with E-state index in [1.807, 2.05) is 31.4 Å². The fraction of sp³-hybridized carbons (Fsp3) is 0.263. The number of carbonyl (C=O) groups excluding carboxylic acids is 2. The van der Waals surface area contributed by atoms with Gasteiger partial charge in [0.05, 0.1) is 12.8 Å². The molecule has 2 aromatic heterocycles. The van der Waals surface area contributed by atoms with E-state index in [1.165, 1.54) is 18.4 Å². The van der Waals surface area contributed by atoms with E-state index in [1.54, 1.807) is 16.7 Å². The molecule has 9 heteroatoms. The molecule has 0 aliphatic heterocycles. The molecule has 0 spiro atoms. The lowest BCUT2D eigenvalue weighted by Gasteiger charge is -2.06. The second-order valence-electron chi connectivity index (χ2n) is 6.13. The van der Waals surface area contributed by atoms with Crippen molar-refractivity contribution in [2.45, 2.75) is 6.42 Å². The van der Waals surface area contributed by atoms with Crippen LogP contribution in [0.3, 0.4) is 0 Å². The number of benzene rings is 1. The lowest BCUT2D eigenvalue weighted by molar-refractivity contribution is 0.0606. The summed E-state index contributed by atoms with van der Waals surface area (Å²) >= 11 is 7.00. The molecule has 0 radical (unpaired) electrons. The van der Waals surface area contributed by atoms with Gasteiger partial charge in [0.25, 0.3) is 5.91 Å². The minimum Gasteiger partial charge on any atom is -0.465 e. The smallest absolute Gasteiger partial charge is 0.348 e. The molecular formula is C19H21ClN4O3S. The molecule has 2 heterocycles. The van der Waals surface area contributed by atoms with Crippen LogP contribution >= 0.6 is 22.9 Å². The number of esters is 1. The predicted octanol–water partition coefficient (Wildman–Crippen LogP) is 3.82. The van der Waals surface area contributed by atoms with E-state index in [4.69, 9.17) is 16.3 Å². The van der Waals surface area contributed by atoms with Crippen molar-refractivity contribution >= 4 is 56.3 Å². The number of carbonyl (C=O) groups is 2. The van der Waals surface area contributed by atoms with Crippen molar-refractivity contribution in [1.29, 1.82) is 0 Å². The summed E-state index contributed by atoms with van der Waals surface area (Å²) in [5.41, 5.74) is 8.06. The van der Waals surface area contributed by atoms with Gasteiger partial charge in [-0.1, -0.05) is 0 Å². The average molecular weight is 421 g/mol. The van der Waals surface area contributed by atoms with Crippen LogP contribution in [0, 0.1) is 0 Å². The van der Waals surface area contributed by atoms with Crippen LogP contribution in [0.5, 0.6) is 0 Å². The molecule has 0 bridgehead atoms. The van der Waals surface area contributed by atoms with Crippen LogP contribution in [0.1, 0.15) is 26.6 Å². The number of halogens is 1. The molecule has 0 saturated heterocycles. The van der Waals surface area contributed by atoms with Gasteiger partial charge in [-0.15, -0.1) is 22.9 Å². The van der Waals surface area contributed by atoms with E-state index in [0.29, 0.717) is 22.1 Å². The van der Waals surface area contributed by atoms with Crippen LogP contribution in [0.15, 0.2) is 36.5 Å². The fourth-order valence-corrected chi connectivity index (χ4v) is 3.79. The number of rotatable bonds is 8. The van der Waals surface area contributed by atoms with Crippen molar-refractivity contribution in [2.24, 2.45) is 7.05 Å². The van der Waals surface area contributed by atoms with Crippen molar-refractivity contribution in [3.8, 4) is 0 Å². The first-order chi connectivity index (χ1) is 13.5. The van der Waals surface area contributed by atoms with Crippen molar-refractivity contribution < 1.29 is 14.3 Å². The van der Waals surface area contributed by atoms with E-state index < -0.39 is 0 Å². The molecular weight excluding hydrogens is 400 g/mol. The maximum absolute atomic E-state index is 12.7. The van der Waals surface area contributed by atoms with E-state index in [-0.39, 0.29) is 11.9 Å². The number of thiophene rings is 1. The molecule has 0 fully saturated rings. The van der Waals surface area contributed by atoms with Crippen molar-refractivity contribution in [3.05, 3.63) is 47.1 Å². The third-order valence-electron chi connectivity index (χ3n) is 4.07. The standard InChI is InChI=1S/C19H21ClN4O3S/c1-24-11-14(23-21-7-3-6-20)10-15(24)18(25)22-13-4-5-16-12(8-13)9-17(28-16)19(26)27-2/h4-5,8-11,21,23H,3,6-7H2,1-2H3,(H,22,25). The van der Waals surface area contributed by atoms with Gasteiger partial charge < -0.3 is 20.0 Å². The highest BCUT2D eigenvalue weighted by molar-refractivity contribution is 7.20. The Morgan fingerprint density at radius 2 is 2.04 bits per heavy atom. The van der Waals surface area contributed by atoms with Crippen LogP contribution in [0.4, 0.5) is 11.4 Å². The van der Waals surface area contributed by atoms with Gasteiger partial charge in [-0.05, 0) is 42.1 Å². The van der Waals surface area contributed by atoms with E-state index >= 15 is 0 Å². The second-order valence-corrected chi connectivity index (χ2v) is 7.59. The first kappa shape index (κ1) is 20.2. The SMILES string of the molecule is COC(=O)c1cc2cc(NC(=O)c3cc(NNCCCCl)cn3C)ccc2s1. The molecule has 0 unspecified atom stereocenters. The zero-order valence-electron chi connectivity index (χ0n) is 15.5. The molecule has 7 nitrogen and oxygen atoms in total. The predicted molar refractivity (Wildman–Crippen MR) is 113 cm³/mol. The Labute approximate surface area is 171 Å². The summed E-state index contributed by atoms with van der Waals surface area (Å²) in [6.45, 7) is 0.730. The molecule has 3 rings (SSSR count). The number of ether oxygens (including phenoxy) is 1. The van der Waals surface area contributed by atoms with Gasteiger partial charge in [0, 0.05) is 36.1 Å². The number of fused-ring (bicyclic) bond motifs is 1. The van der Waals surface area contributed by atoms with Crippen LogP contribution in [-0.2, 0) is 11.8 Å². The molecule has 3 aromatic rings. The van der Waals surface area contributed by atoms with E-state index in [0.717, 1.165) is 28.7 Å². The summed E-state index contributed by atoms with van der Waals surface area (Å²) in [6.07, 6.45) is 2.67. The number of hydrazine groups is 1. The number of aromatic nitrogens is 1. The van der Waals surface area contributed by atoms with Crippen molar-refractivity contribution in [2.75, 3.05) is 30.3 Å². The van der Waals surface area contributed by atoms with Gasteiger partial charge in [-0.2, -0.15) is 0 Å². The number of alkyl halides is 1. The van der Waals surface area contributed by atoms with Crippen molar-refractivity contribution in [1.82, 2.24) is 9.99 Å². The number of amides is 1. The number of nitrogens with zero attached hydrogens (tertiary/aromatic N) is 1. The molecule has 0 saturated carbocycles. The summed E-state index contributed by atoms with van der Waals surface area (Å²) in [6, 6.07) is 9.06. The highest BCUT2D eigenvalue weighted by Crippen LogP contribution is 2.29. The number of hydrogen-bond donors (Lipinski definition) is 3. The van der Waals surface area contributed by atoms with E-state index in [9.17, 15) is 9.59 Å². The molecule has 28 heavy (non-hydrogen) atoms. The first-order valence-corrected chi connectivity index (χ1v) is 10.0. The van der Waals surface area contributed by atoms with Gasteiger partial charge in [0.2, 0.25) is 0 Å². The van der Waals surface area contributed by atoms with Gasteiger partial charge in [0.1, 0.15) is 10.6 Å². The van der Waals surface area contributed by atoms with Crippen LogP contribution in [0.25, 0.3) is 10.1 Å². The first-order valence-electron chi connectivity index (χ1n) is 8.66. The number of anilines is 2. The summed E-state index contributed by atoms with van der Waals surface area (Å²) in [4.78, 5) is 24.9. The second kappa shape index (κ2) is 9.09. The van der Waals surface area contributed by atoms with Crippen LogP contribution < -0.4 is 16.2 Å². The van der Waals surface area contributed by atoms with Gasteiger partial charge in [0.15, 0.2) is 0 Å². The Morgan fingerprint density at radius 3 is 2.79 bits per heavy atom. The number of aryl methyl sites for hydroxylation is 1. The highest BCUT2D eigenvalue weighted by Gasteiger charge is 2.14. The lowest BCUT2D eigenvalue weighted by Crippen LogP contribution is -2.22. The Morgan fingerprint density at radius 1 is 1.21 bits per heavy atom. The van der Waals surface area contributed by atoms with E-state index in [2.05, 4.69) is 16.2 Å². The molecule has 0 aliphatic rings. The summed E-state index contributed by atoms with van der Waals surface area (Å²) in [7, 11) is 3.17. The van der Waals surface area contributed by atoms with Crippen molar-refractivity contribution in [3.63, 3.8) is 0 Å². The molecule has 1 aromatic carbocycles. The summed E-state index contributed by atoms with van der Waals surface area (Å²) in [5.74, 6) is 0.00145. The Kier molecular flexibility index (Phi) is 6.56. The van der Waals surface area contributed by atoms with Crippen LogP contribution in [-0.4, -0.2) is 36.0 Å². The van der Waals surface area contributed by atoms with Gasteiger partial charge >= 0.3 is 5.97 Å². The molecule has 3 N–H and O–H groups in total. The Hall–Kier alpha value is -2.55. The third kappa shape index (κ3) is 4.64. The number of methoxy groups -OCH3 is 1. The normalized spacial score (nSPS) is 10.8. The maximum Gasteiger partial charge on any atom is 0.348 e. The van der Waals surface area contributed by atoms with Crippen LogP contribution in [0.2, 0.25) is 0 Å². The highest BCUT2D eigenvalue weighted by atomic mass is 35.5. The molecule has 1 amide bonds. The minimum atomic E-state index is -0.365. The number of nitrogens with one attached hydrogen (secondary N) is 3. The monoisotopic (exact) mass is 420 g/mol. The van der Waals surface area contributed by atoms with Gasteiger partial charge in [-0.25, -0.2) is 10.2 Å².